The topological polar surface area (TPSA) is 171 Å². The predicted molar refractivity (Wildman–Crippen MR) is 168 cm³/mol. The van der Waals surface area contributed by atoms with Gasteiger partial charge < -0.3 is 20.7 Å². The van der Waals surface area contributed by atoms with Gasteiger partial charge in [-0.05, 0) is 55.7 Å². The van der Waals surface area contributed by atoms with Crippen molar-refractivity contribution in [2.24, 2.45) is 11.7 Å². The summed E-state index contributed by atoms with van der Waals surface area (Å²) >= 11 is 6.32. The van der Waals surface area contributed by atoms with Crippen LogP contribution < -0.4 is 15.8 Å². The van der Waals surface area contributed by atoms with Crippen molar-refractivity contribution < 1.29 is 32.3 Å². The molecule has 5 atom stereocenters. The summed E-state index contributed by atoms with van der Waals surface area (Å²) in [6.45, 7) is 1.21. The van der Waals surface area contributed by atoms with Crippen molar-refractivity contribution in [3.8, 4) is 0 Å². The Bertz CT molecular complexity index is 1530. The average Bonchev–Trinajstić information content (AvgIpc) is 3.48. The lowest BCUT2D eigenvalue weighted by atomic mass is 10.1. The van der Waals surface area contributed by atoms with Crippen LogP contribution in [0.15, 0.2) is 30.4 Å². The average molecular weight is 677 g/mol. The van der Waals surface area contributed by atoms with Gasteiger partial charge in [-0.2, -0.15) is 12.7 Å². The monoisotopic (exact) mass is 676 g/mol. The van der Waals surface area contributed by atoms with Crippen molar-refractivity contribution in [2.75, 3.05) is 19.6 Å². The highest BCUT2D eigenvalue weighted by atomic mass is 35.5. The summed E-state index contributed by atoms with van der Waals surface area (Å²) in [5.74, 6) is -2.29. The van der Waals surface area contributed by atoms with E-state index in [1.165, 1.54) is 14.1 Å². The van der Waals surface area contributed by atoms with E-state index in [1.54, 1.807) is 6.07 Å². The number of hydrogen-bond acceptors (Lipinski definition) is 8. The number of carbonyl (C=O) groups excluding carboxylic acids is 4. The first-order valence-corrected chi connectivity index (χ1v) is 17.9. The Morgan fingerprint density at radius 2 is 1.87 bits per heavy atom. The molecular weight excluding hydrogens is 636 g/mol. The fourth-order valence-electron chi connectivity index (χ4n) is 6.99. The van der Waals surface area contributed by atoms with Crippen LogP contribution in [0.25, 0.3) is 0 Å². The van der Waals surface area contributed by atoms with Gasteiger partial charge in [-0.25, -0.2) is 9.52 Å². The lowest BCUT2D eigenvalue weighted by molar-refractivity contribution is -0.140. The smallest absolute Gasteiger partial charge is 0.410 e. The zero-order valence-electron chi connectivity index (χ0n) is 25.7. The summed E-state index contributed by atoms with van der Waals surface area (Å²) in [5, 5.41) is 3.38. The molecule has 4 amide bonds. The molecule has 4 N–H and O–H groups in total. The van der Waals surface area contributed by atoms with E-state index in [4.69, 9.17) is 22.1 Å². The molecule has 0 radical (unpaired) electrons. The number of allylic oxidation sites excluding steroid dienone is 1. The summed E-state index contributed by atoms with van der Waals surface area (Å²) in [6.07, 6.45) is 7.67. The Hall–Kier alpha value is -3.20. The highest BCUT2D eigenvalue weighted by Gasteiger charge is 2.62. The van der Waals surface area contributed by atoms with Crippen molar-refractivity contribution in [1.29, 1.82) is 0 Å². The highest BCUT2D eigenvalue weighted by Crippen LogP contribution is 2.46. The van der Waals surface area contributed by atoms with Crippen molar-refractivity contribution in [2.45, 2.75) is 94.6 Å². The molecule has 3 fully saturated rings. The number of carbonyl (C=O) groups is 4. The third kappa shape index (κ3) is 6.62. The van der Waals surface area contributed by atoms with Crippen molar-refractivity contribution >= 4 is 45.6 Å². The molecule has 1 aromatic carbocycles. The van der Waals surface area contributed by atoms with E-state index in [9.17, 15) is 27.6 Å². The van der Waals surface area contributed by atoms with Crippen LogP contribution in [0.3, 0.4) is 0 Å². The second kappa shape index (κ2) is 13.1. The number of amides is 4. The van der Waals surface area contributed by atoms with Gasteiger partial charge in [-0.1, -0.05) is 48.7 Å². The largest absolute Gasteiger partial charge is 0.444 e. The van der Waals surface area contributed by atoms with Gasteiger partial charge in [-0.15, -0.1) is 0 Å². The van der Waals surface area contributed by atoms with Crippen molar-refractivity contribution in [3.63, 3.8) is 0 Å². The fraction of sp³-hybridized carbons (Fsp3) is 0.613. The molecule has 1 saturated carbocycles. The number of fused-ring (bicyclic) bond motifs is 3. The summed E-state index contributed by atoms with van der Waals surface area (Å²) in [4.78, 5) is 57.2. The molecule has 4 heterocycles. The maximum Gasteiger partial charge on any atom is 0.410 e. The summed E-state index contributed by atoms with van der Waals surface area (Å²) in [7, 11) is -4.08. The number of hydrogen-bond donors (Lipinski definition) is 3. The van der Waals surface area contributed by atoms with E-state index in [0.29, 0.717) is 43.9 Å². The van der Waals surface area contributed by atoms with Gasteiger partial charge >= 0.3 is 16.3 Å². The van der Waals surface area contributed by atoms with Gasteiger partial charge in [0.1, 0.15) is 17.7 Å². The maximum absolute atomic E-state index is 14.0. The maximum atomic E-state index is 14.0. The summed E-state index contributed by atoms with van der Waals surface area (Å²) < 4.78 is 35.2. The first-order valence-electron chi connectivity index (χ1n) is 16.1. The van der Waals surface area contributed by atoms with Crippen molar-refractivity contribution in [1.82, 2.24) is 24.1 Å². The Balaban J connectivity index is 1.20. The Morgan fingerprint density at radius 3 is 2.63 bits per heavy atom. The van der Waals surface area contributed by atoms with Crippen LogP contribution >= 0.6 is 11.6 Å². The van der Waals surface area contributed by atoms with Gasteiger partial charge in [0.15, 0.2) is 0 Å². The zero-order chi connectivity index (χ0) is 32.6. The molecule has 1 aliphatic carbocycles. The lowest BCUT2D eigenvalue weighted by Crippen LogP contribution is -2.58. The molecule has 1 aromatic rings. The van der Waals surface area contributed by atoms with Crippen LogP contribution in [0.4, 0.5) is 4.79 Å². The zero-order valence-corrected chi connectivity index (χ0v) is 27.2. The van der Waals surface area contributed by atoms with E-state index in [-0.39, 0.29) is 25.9 Å². The van der Waals surface area contributed by atoms with E-state index in [2.05, 4.69) is 10.0 Å². The minimum atomic E-state index is -4.08. The fourth-order valence-corrected chi connectivity index (χ4v) is 8.53. The normalized spacial score (nSPS) is 31.2. The van der Waals surface area contributed by atoms with E-state index in [0.717, 1.165) is 36.8 Å². The van der Waals surface area contributed by atoms with E-state index < -0.39 is 63.7 Å². The van der Waals surface area contributed by atoms with Crippen LogP contribution in [0.5, 0.6) is 0 Å². The molecule has 0 spiro atoms. The molecule has 46 heavy (non-hydrogen) atoms. The SMILES string of the molecule is N[C@H]1CCCCC/C=C\[C@@H]2C[C@@]2(C(=O)NS(=O)(=O)N2CCCC2)NC(=O)[C@@H]2C[C@@H](OC(=O)N3Cc4cccc(Cl)c4C3)CN2C1=O. The van der Waals surface area contributed by atoms with Gasteiger partial charge in [-0.3, -0.25) is 19.3 Å². The number of ether oxygens (including phenoxy) is 1. The molecule has 5 aliphatic rings. The van der Waals surface area contributed by atoms with Crippen LogP contribution in [-0.2, 0) is 42.4 Å². The molecule has 4 aliphatic heterocycles. The molecule has 250 valence electrons. The summed E-state index contributed by atoms with van der Waals surface area (Å²) in [5.41, 5.74) is 6.59. The first kappa shape index (κ1) is 32.7. The second-order valence-corrected chi connectivity index (χ2v) is 15.0. The summed E-state index contributed by atoms with van der Waals surface area (Å²) in [6, 6.07) is 3.56. The molecule has 13 nitrogen and oxygen atoms in total. The Kier molecular flexibility index (Phi) is 9.34. The van der Waals surface area contributed by atoms with E-state index >= 15 is 0 Å². The number of benzene rings is 1. The van der Waals surface area contributed by atoms with Gasteiger partial charge in [0.2, 0.25) is 11.8 Å². The number of rotatable bonds is 4. The minimum Gasteiger partial charge on any atom is -0.444 e. The van der Waals surface area contributed by atoms with Gasteiger partial charge in [0, 0.05) is 37.0 Å². The van der Waals surface area contributed by atoms with E-state index in [1.807, 2.05) is 24.3 Å². The van der Waals surface area contributed by atoms with Gasteiger partial charge in [0.05, 0.1) is 19.1 Å². The molecular formula is C31H41ClN6O7S. The van der Waals surface area contributed by atoms with Crippen LogP contribution in [0, 0.1) is 5.92 Å². The third-order valence-electron chi connectivity index (χ3n) is 9.76. The molecule has 2 saturated heterocycles. The predicted octanol–water partition coefficient (Wildman–Crippen LogP) is 1.94. The van der Waals surface area contributed by atoms with Crippen molar-refractivity contribution in [3.05, 3.63) is 46.5 Å². The lowest BCUT2D eigenvalue weighted by Gasteiger charge is -2.28. The minimum absolute atomic E-state index is 0.00184. The number of nitrogens with zero attached hydrogens (tertiary/aromatic N) is 3. The van der Waals surface area contributed by atoms with Crippen LogP contribution in [-0.4, -0.2) is 89.7 Å². The van der Waals surface area contributed by atoms with Crippen LogP contribution in [0.1, 0.15) is 68.9 Å². The second-order valence-electron chi connectivity index (χ2n) is 13.0. The number of nitrogens with two attached hydrogens (primary N) is 1. The molecule has 0 unspecified atom stereocenters. The molecule has 0 aromatic heterocycles. The quantitative estimate of drug-likeness (QED) is 0.406. The third-order valence-corrected chi connectivity index (χ3v) is 11.6. The Morgan fingerprint density at radius 1 is 1.09 bits per heavy atom. The molecule has 15 heteroatoms. The van der Waals surface area contributed by atoms with Crippen LogP contribution in [0.2, 0.25) is 5.02 Å². The highest BCUT2D eigenvalue weighted by molar-refractivity contribution is 7.87. The standard InChI is InChI=1S/C31H41ClN6O7S/c32-24-11-8-9-20-17-36(19-23(20)24)30(42)45-22-15-26-27(39)34-31(29(41)35-46(43,44)37-13-6-7-14-37)16-21(31)10-4-2-1-3-5-12-25(33)28(40)38(26)18-22/h4,8-11,21-22,25-26H,1-3,5-7,12-19,33H2,(H,34,39)(H,35,41)/b10-4-/t21-,22-,25+,26+,31-/m1/s1. The number of halogens is 1. The molecule has 0 bridgehead atoms. The van der Waals surface area contributed by atoms with Gasteiger partial charge in [0.25, 0.3) is 5.91 Å². The molecule has 6 rings (SSSR count). The first-order chi connectivity index (χ1) is 22.0. The Labute approximate surface area is 274 Å². The number of nitrogens with one attached hydrogen (secondary N) is 2.